The predicted octanol–water partition coefficient (Wildman–Crippen LogP) is 5.49. The van der Waals surface area contributed by atoms with Crippen LogP contribution in [0.1, 0.15) is 98.3 Å². The number of piperidine rings is 1. The van der Waals surface area contributed by atoms with Gasteiger partial charge in [0, 0.05) is 70.5 Å². The average molecular weight is 628 g/mol. The lowest BCUT2D eigenvalue weighted by Gasteiger charge is -2.62. The maximum Gasteiger partial charge on any atom is 0.303 e. The van der Waals surface area contributed by atoms with Crippen LogP contribution in [0.25, 0.3) is 0 Å². The van der Waals surface area contributed by atoms with E-state index in [1.807, 2.05) is 0 Å². The molecular formula is C37H59N2O6+. The lowest BCUT2D eigenvalue weighted by atomic mass is 9.44. The van der Waals surface area contributed by atoms with E-state index in [2.05, 4.69) is 31.4 Å². The molecule has 45 heavy (non-hydrogen) atoms. The zero-order valence-electron chi connectivity index (χ0n) is 28.5. The number of likely N-dealkylation sites (tertiary alicyclic amines) is 2. The molecule has 7 aliphatic rings. The van der Waals surface area contributed by atoms with Gasteiger partial charge in [-0.25, -0.2) is 0 Å². The van der Waals surface area contributed by atoms with Gasteiger partial charge in [-0.1, -0.05) is 20.4 Å². The Morgan fingerprint density at radius 2 is 1.60 bits per heavy atom. The van der Waals surface area contributed by atoms with Crippen molar-refractivity contribution in [3.8, 4) is 0 Å². The van der Waals surface area contributed by atoms with Gasteiger partial charge in [-0.15, -0.1) is 0 Å². The molecule has 0 radical (unpaired) electrons. The molecule has 0 aromatic carbocycles. The molecule has 0 aromatic heterocycles. The number of carbonyl (C=O) groups excluding carboxylic acids is 2. The molecule has 3 saturated heterocycles. The van der Waals surface area contributed by atoms with Crippen molar-refractivity contribution in [2.24, 2.45) is 34.5 Å². The maximum atomic E-state index is 12.6. The second-order valence-electron chi connectivity index (χ2n) is 16.7. The number of nitrogens with zero attached hydrogens (tertiary/aromatic N) is 2. The highest BCUT2D eigenvalue weighted by atomic mass is 16.7. The first-order valence-electron chi connectivity index (χ1n) is 18.4. The van der Waals surface area contributed by atoms with Crippen LogP contribution in [0.4, 0.5) is 0 Å². The van der Waals surface area contributed by atoms with Crippen molar-refractivity contribution in [2.45, 2.75) is 128 Å². The molecular weight excluding hydrogens is 568 g/mol. The van der Waals surface area contributed by atoms with Crippen molar-refractivity contribution in [3.05, 3.63) is 12.7 Å². The molecule has 0 aromatic rings. The standard InChI is InChI=1S/C37H59N2O6/c1-6-17-39(18-7-8-19-39)32-23-30-28-10-9-27-22-33(44-25(2)40)31(38-15-13-37(14-16-38)42-20-21-43-37)24-36(27,5)29(28)11-12-35(30,4)34(32)45-26(3)41/h6,27-34H,1,7-24H2,2-5H3/q+1/t27-,28?,29?,30?,31-,32-,33-,34-,35-,36-/m0/s1. The topological polar surface area (TPSA) is 74.3 Å². The summed E-state index contributed by atoms with van der Waals surface area (Å²) in [6.45, 7) is 19.0. The van der Waals surface area contributed by atoms with Gasteiger partial charge in [0.25, 0.3) is 0 Å². The summed E-state index contributed by atoms with van der Waals surface area (Å²) in [7, 11) is 0. The molecule has 4 saturated carbocycles. The number of fused-ring (bicyclic) bond motifs is 5. The van der Waals surface area contributed by atoms with Crippen LogP contribution >= 0.6 is 0 Å². The van der Waals surface area contributed by atoms with Crippen LogP contribution in [0, 0.1) is 34.5 Å². The van der Waals surface area contributed by atoms with Gasteiger partial charge in [0.05, 0.1) is 32.8 Å². The van der Waals surface area contributed by atoms with Gasteiger partial charge >= 0.3 is 11.9 Å². The Bertz CT molecular complexity index is 1140. The molecule has 252 valence electrons. The van der Waals surface area contributed by atoms with Crippen molar-refractivity contribution in [1.29, 1.82) is 0 Å². The molecule has 3 heterocycles. The average Bonchev–Trinajstić information content (AvgIpc) is 3.72. The van der Waals surface area contributed by atoms with Crippen LogP contribution in [0.2, 0.25) is 0 Å². The summed E-state index contributed by atoms with van der Waals surface area (Å²) < 4.78 is 25.7. The first kappa shape index (κ1) is 32.1. The smallest absolute Gasteiger partial charge is 0.303 e. The molecule has 10 atom stereocenters. The van der Waals surface area contributed by atoms with E-state index in [0.717, 1.165) is 62.6 Å². The number of esters is 2. The summed E-state index contributed by atoms with van der Waals surface area (Å²) in [5.74, 6) is 1.76. The van der Waals surface area contributed by atoms with Crippen LogP contribution in [0.3, 0.4) is 0 Å². The fourth-order valence-electron chi connectivity index (χ4n) is 12.7. The third kappa shape index (κ3) is 5.32. The molecule has 8 heteroatoms. The summed E-state index contributed by atoms with van der Waals surface area (Å²) >= 11 is 0. The summed E-state index contributed by atoms with van der Waals surface area (Å²) in [4.78, 5) is 27.6. The second-order valence-corrected chi connectivity index (χ2v) is 16.7. The highest BCUT2D eigenvalue weighted by Crippen LogP contribution is 2.68. The highest BCUT2D eigenvalue weighted by molar-refractivity contribution is 5.66. The summed E-state index contributed by atoms with van der Waals surface area (Å²) in [5.41, 5.74) is 0.226. The Labute approximate surface area is 271 Å². The van der Waals surface area contributed by atoms with Crippen LogP contribution < -0.4 is 0 Å². The number of quaternary nitrogens is 1. The largest absolute Gasteiger partial charge is 0.461 e. The predicted molar refractivity (Wildman–Crippen MR) is 171 cm³/mol. The Morgan fingerprint density at radius 1 is 0.911 bits per heavy atom. The molecule has 0 bridgehead atoms. The van der Waals surface area contributed by atoms with Gasteiger partial charge < -0.3 is 23.4 Å². The first-order chi connectivity index (χ1) is 21.5. The molecule has 7 rings (SSSR count). The molecule has 4 aliphatic carbocycles. The van der Waals surface area contributed by atoms with E-state index in [0.29, 0.717) is 42.9 Å². The Morgan fingerprint density at radius 3 is 2.24 bits per heavy atom. The number of hydrogen-bond donors (Lipinski definition) is 0. The van der Waals surface area contributed by atoms with E-state index in [1.165, 1.54) is 45.2 Å². The fourth-order valence-corrected chi connectivity index (χ4v) is 12.7. The SMILES string of the molecule is C=CC[N+]1([C@H]2CC3C4CC[C@H]5C[C@H](OC(C)=O)[C@@H](N6CCC7(CC6)OCCO7)C[C@]5(C)C4CC[C@]3(C)[C@H]2OC(C)=O)CCCC1. The molecule has 0 N–H and O–H groups in total. The number of ether oxygens (including phenoxy) is 4. The van der Waals surface area contributed by atoms with Crippen LogP contribution in [-0.2, 0) is 28.5 Å². The van der Waals surface area contributed by atoms with Crippen molar-refractivity contribution >= 4 is 11.9 Å². The lowest BCUT2D eigenvalue weighted by molar-refractivity contribution is -0.937. The summed E-state index contributed by atoms with van der Waals surface area (Å²) in [5, 5.41) is 0. The van der Waals surface area contributed by atoms with Crippen LogP contribution in [0.5, 0.6) is 0 Å². The van der Waals surface area contributed by atoms with Crippen LogP contribution in [0.15, 0.2) is 12.7 Å². The lowest BCUT2D eigenvalue weighted by Crippen LogP contribution is -2.62. The van der Waals surface area contributed by atoms with Gasteiger partial charge in [-0.2, -0.15) is 0 Å². The van der Waals surface area contributed by atoms with E-state index in [-0.39, 0.29) is 41.0 Å². The fraction of sp³-hybridized carbons (Fsp3) is 0.892. The molecule has 3 unspecified atom stereocenters. The van der Waals surface area contributed by atoms with Crippen molar-refractivity contribution < 1.29 is 33.0 Å². The summed E-state index contributed by atoms with van der Waals surface area (Å²) in [6.07, 6.45) is 14.3. The number of hydrogen-bond acceptors (Lipinski definition) is 7. The highest BCUT2D eigenvalue weighted by Gasteiger charge is 2.68. The van der Waals surface area contributed by atoms with Crippen molar-refractivity contribution in [1.82, 2.24) is 4.90 Å². The van der Waals surface area contributed by atoms with E-state index >= 15 is 0 Å². The van der Waals surface area contributed by atoms with Gasteiger partial charge in [-0.05, 0) is 73.7 Å². The first-order valence-corrected chi connectivity index (χ1v) is 18.4. The Kier molecular flexibility index (Phi) is 8.48. The van der Waals surface area contributed by atoms with Gasteiger partial charge in [0.1, 0.15) is 12.1 Å². The zero-order valence-corrected chi connectivity index (χ0v) is 28.5. The minimum atomic E-state index is -0.406. The third-order valence-electron chi connectivity index (χ3n) is 14.7. The van der Waals surface area contributed by atoms with Gasteiger partial charge in [0.2, 0.25) is 0 Å². The molecule has 0 amide bonds. The van der Waals surface area contributed by atoms with E-state index in [9.17, 15) is 9.59 Å². The van der Waals surface area contributed by atoms with Crippen molar-refractivity contribution in [2.75, 3.05) is 45.9 Å². The molecule has 7 fully saturated rings. The molecule has 8 nitrogen and oxygen atoms in total. The Balaban J connectivity index is 1.16. The zero-order chi connectivity index (χ0) is 31.6. The van der Waals surface area contributed by atoms with Gasteiger partial charge in [-0.3, -0.25) is 14.5 Å². The Hall–Kier alpha value is -1.48. The van der Waals surface area contributed by atoms with Crippen molar-refractivity contribution in [3.63, 3.8) is 0 Å². The van der Waals surface area contributed by atoms with E-state index < -0.39 is 5.79 Å². The molecule has 1 spiro atoms. The monoisotopic (exact) mass is 627 g/mol. The summed E-state index contributed by atoms with van der Waals surface area (Å²) in [6, 6.07) is 0.596. The number of rotatable bonds is 6. The molecule has 3 aliphatic heterocycles. The maximum absolute atomic E-state index is 12.6. The quantitative estimate of drug-likeness (QED) is 0.219. The normalized spacial score (nSPS) is 45.3. The third-order valence-corrected chi connectivity index (χ3v) is 14.7. The second kappa shape index (κ2) is 11.9. The van der Waals surface area contributed by atoms with Gasteiger partial charge in [0.15, 0.2) is 11.9 Å². The minimum Gasteiger partial charge on any atom is -0.461 e. The number of carbonyl (C=O) groups is 2. The minimum absolute atomic E-state index is 0.0160. The van der Waals surface area contributed by atoms with E-state index in [1.54, 1.807) is 13.8 Å². The van der Waals surface area contributed by atoms with Crippen LogP contribution in [-0.4, -0.2) is 97.3 Å². The van der Waals surface area contributed by atoms with E-state index in [4.69, 9.17) is 18.9 Å².